The molecule has 2 unspecified atom stereocenters. The number of para-hydroxylation sites is 1. The van der Waals surface area contributed by atoms with Gasteiger partial charge in [0.05, 0.1) is 0 Å². The van der Waals surface area contributed by atoms with Gasteiger partial charge in [-0.15, -0.1) is 0 Å². The summed E-state index contributed by atoms with van der Waals surface area (Å²) in [7, 11) is 0. The molecular formula is C18H30N2. The minimum atomic E-state index is 0.486. The Labute approximate surface area is 124 Å². The smallest absolute Gasteiger partial charge is 0.0417 e. The zero-order valence-electron chi connectivity index (χ0n) is 13.4. The molecule has 0 aliphatic carbocycles. The highest BCUT2D eigenvalue weighted by atomic mass is 15.2. The van der Waals surface area contributed by atoms with Gasteiger partial charge in [-0.05, 0) is 57.2 Å². The number of piperidine rings is 1. The maximum atomic E-state index is 3.70. The van der Waals surface area contributed by atoms with E-state index >= 15 is 0 Å². The van der Waals surface area contributed by atoms with E-state index in [0.717, 1.165) is 13.0 Å². The van der Waals surface area contributed by atoms with Crippen LogP contribution in [0.25, 0.3) is 0 Å². The molecule has 0 radical (unpaired) electrons. The molecule has 2 rings (SSSR count). The molecule has 1 heterocycles. The van der Waals surface area contributed by atoms with E-state index in [4.69, 9.17) is 0 Å². The Bertz CT molecular complexity index is 402. The first-order valence-corrected chi connectivity index (χ1v) is 8.36. The first-order valence-electron chi connectivity index (χ1n) is 8.36. The highest BCUT2D eigenvalue weighted by Gasteiger charge is 2.22. The van der Waals surface area contributed by atoms with Crippen LogP contribution in [0.5, 0.6) is 0 Å². The van der Waals surface area contributed by atoms with Crippen LogP contribution in [0.4, 0.5) is 5.69 Å². The topological polar surface area (TPSA) is 15.3 Å². The Morgan fingerprint density at radius 2 is 2.05 bits per heavy atom. The van der Waals surface area contributed by atoms with Crippen LogP contribution in [0.1, 0.15) is 64.5 Å². The summed E-state index contributed by atoms with van der Waals surface area (Å²) in [6.45, 7) is 9.20. The van der Waals surface area contributed by atoms with Gasteiger partial charge in [0.1, 0.15) is 0 Å². The lowest BCUT2D eigenvalue weighted by Gasteiger charge is -2.38. The van der Waals surface area contributed by atoms with Crippen molar-refractivity contribution in [3.63, 3.8) is 0 Å². The number of nitrogens with one attached hydrogen (secondary N) is 1. The summed E-state index contributed by atoms with van der Waals surface area (Å²) in [6.07, 6.45) is 6.38. The van der Waals surface area contributed by atoms with E-state index in [-0.39, 0.29) is 0 Å². The molecule has 20 heavy (non-hydrogen) atoms. The molecule has 1 fully saturated rings. The van der Waals surface area contributed by atoms with Gasteiger partial charge in [0, 0.05) is 24.3 Å². The average Bonchev–Trinajstić information content (AvgIpc) is 2.49. The Balaban J connectivity index is 2.24. The van der Waals surface area contributed by atoms with Crippen molar-refractivity contribution in [3.05, 3.63) is 29.8 Å². The van der Waals surface area contributed by atoms with Crippen LogP contribution < -0.4 is 10.2 Å². The van der Waals surface area contributed by atoms with Gasteiger partial charge in [-0.2, -0.15) is 0 Å². The van der Waals surface area contributed by atoms with Crippen LogP contribution in [0, 0.1) is 0 Å². The number of benzene rings is 1. The maximum Gasteiger partial charge on any atom is 0.0417 e. The van der Waals surface area contributed by atoms with Gasteiger partial charge in [0.2, 0.25) is 0 Å². The first-order chi connectivity index (χ1) is 9.77. The van der Waals surface area contributed by atoms with Crippen molar-refractivity contribution in [2.24, 2.45) is 0 Å². The summed E-state index contributed by atoms with van der Waals surface area (Å²) in [5, 5.41) is 3.70. The molecule has 2 heteroatoms. The van der Waals surface area contributed by atoms with Crippen molar-refractivity contribution in [2.75, 3.05) is 18.0 Å². The normalized spacial score (nSPS) is 20.9. The van der Waals surface area contributed by atoms with Crippen molar-refractivity contribution in [1.82, 2.24) is 5.32 Å². The minimum absolute atomic E-state index is 0.486. The predicted octanol–water partition coefficient (Wildman–Crippen LogP) is 4.52. The maximum absolute atomic E-state index is 3.70. The third-order valence-corrected chi connectivity index (χ3v) is 4.47. The van der Waals surface area contributed by atoms with Crippen LogP contribution in [-0.2, 0) is 0 Å². The van der Waals surface area contributed by atoms with Crippen LogP contribution in [0.3, 0.4) is 0 Å². The molecule has 2 nitrogen and oxygen atoms in total. The van der Waals surface area contributed by atoms with E-state index in [0.29, 0.717) is 12.1 Å². The second kappa shape index (κ2) is 7.68. The molecule has 0 spiro atoms. The van der Waals surface area contributed by atoms with E-state index in [2.05, 4.69) is 55.3 Å². The highest BCUT2D eigenvalue weighted by molar-refractivity contribution is 5.56. The number of anilines is 1. The third kappa shape index (κ3) is 3.54. The Kier molecular flexibility index (Phi) is 5.90. The molecule has 1 aliphatic heterocycles. The number of rotatable bonds is 6. The van der Waals surface area contributed by atoms with Gasteiger partial charge in [-0.1, -0.05) is 32.0 Å². The Morgan fingerprint density at radius 3 is 2.75 bits per heavy atom. The van der Waals surface area contributed by atoms with E-state index in [1.807, 2.05) is 0 Å². The molecule has 112 valence electrons. The average molecular weight is 274 g/mol. The quantitative estimate of drug-likeness (QED) is 0.820. The van der Waals surface area contributed by atoms with Crippen LogP contribution in [0.2, 0.25) is 0 Å². The minimum Gasteiger partial charge on any atom is -0.369 e. The van der Waals surface area contributed by atoms with Gasteiger partial charge in [-0.25, -0.2) is 0 Å². The van der Waals surface area contributed by atoms with Gasteiger partial charge in [0.15, 0.2) is 0 Å². The summed E-state index contributed by atoms with van der Waals surface area (Å²) in [4.78, 5) is 2.62. The number of hydrogen-bond donors (Lipinski definition) is 1. The zero-order valence-corrected chi connectivity index (χ0v) is 13.4. The van der Waals surface area contributed by atoms with Crippen LogP contribution in [0.15, 0.2) is 24.3 Å². The van der Waals surface area contributed by atoms with Crippen molar-refractivity contribution in [2.45, 2.75) is 65.0 Å². The van der Waals surface area contributed by atoms with E-state index in [1.54, 1.807) is 0 Å². The van der Waals surface area contributed by atoms with Crippen LogP contribution in [-0.4, -0.2) is 19.1 Å². The summed E-state index contributed by atoms with van der Waals surface area (Å²) in [5.74, 6) is 0. The summed E-state index contributed by atoms with van der Waals surface area (Å²) in [5.41, 5.74) is 2.94. The first kappa shape index (κ1) is 15.4. The molecule has 1 aliphatic rings. The Hall–Kier alpha value is -1.02. The molecule has 0 amide bonds. The number of nitrogens with zero attached hydrogens (tertiary/aromatic N) is 1. The number of hydrogen-bond acceptors (Lipinski definition) is 2. The largest absolute Gasteiger partial charge is 0.369 e. The zero-order chi connectivity index (χ0) is 14.4. The molecule has 2 atom stereocenters. The van der Waals surface area contributed by atoms with Crippen molar-refractivity contribution >= 4 is 5.69 Å². The van der Waals surface area contributed by atoms with Crippen LogP contribution >= 0.6 is 0 Å². The van der Waals surface area contributed by atoms with Gasteiger partial charge in [0.25, 0.3) is 0 Å². The van der Waals surface area contributed by atoms with Gasteiger partial charge < -0.3 is 10.2 Å². The second-order valence-corrected chi connectivity index (χ2v) is 6.01. The summed E-state index contributed by atoms with van der Waals surface area (Å²) < 4.78 is 0. The van der Waals surface area contributed by atoms with Crippen molar-refractivity contribution in [3.8, 4) is 0 Å². The van der Waals surface area contributed by atoms with Crippen molar-refractivity contribution in [1.29, 1.82) is 0 Å². The highest BCUT2D eigenvalue weighted by Crippen LogP contribution is 2.32. The second-order valence-electron chi connectivity index (χ2n) is 6.01. The third-order valence-electron chi connectivity index (χ3n) is 4.47. The molecule has 0 bridgehead atoms. The monoisotopic (exact) mass is 274 g/mol. The molecule has 1 N–H and O–H groups in total. The van der Waals surface area contributed by atoms with E-state index in [9.17, 15) is 0 Å². The lowest BCUT2D eigenvalue weighted by molar-refractivity contribution is 0.475. The van der Waals surface area contributed by atoms with E-state index in [1.165, 1.54) is 43.5 Å². The predicted molar refractivity (Wildman–Crippen MR) is 88.4 cm³/mol. The fourth-order valence-electron chi connectivity index (χ4n) is 3.29. The SMILES string of the molecule is CCCNC(CC)c1ccccc1N1CCCCC1C. The summed E-state index contributed by atoms with van der Waals surface area (Å²) >= 11 is 0. The molecule has 1 aromatic rings. The molecule has 1 saturated heterocycles. The lowest BCUT2D eigenvalue weighted by Crippen LogP contribution is -2.38. The fourth-order valence-corrected chi connectivity index (χ4v) is 3.29. The van der Waals surface area contributed by atoms with Gasteiger partial charge >= 0.3 is 0 Å². The molecule has 1 aromatic carbocycles. The Morgan fingerprint density at radius 1 is 1.25 bits per heavy atom. The fraction of sp³-hybridized carbons (Fsp3) is 0.667. The molecular weight excluding hydrogens is 244 g/mol. The van der Waals surface area contributed by atoms with Crippen molar-refractivity contribution < 1.29 is 0 Å². The standard InChI is InChI=1S/C18H30N2/c1-4-13-19-17(5-2)16-11-6-7-12-18(16)20-14-9-8-10-15(20)3/h6-7,11-12,15,17,19H,4-5,8-10,13-14H2,1-3H3. The molecule has 0 aromatic heterocycles. The lowest BCUT2D eigenvalue weighted by atomic mass is 9.97. The van der Waals surface area contributed by atoms with Gasteiger partial charge in [-0.3, -0.25) is 0 Å². The van der Waals surface area contributed by atoms with E-state index < -0.39 is 0 Å². The summed E-state index contributed by atoms with van der Waals surface area (Å²) in [6, 6.07) is 10.2. The molecule has 0 saturated carbocycles.